The number of rotatable bonds is 6. The largest absolute Gasteiger partial charge is 0.497 e. The van der Waals surface area contributed by atoms with Crippen LogP contribution in [-0.4, -0.2) is 48.2 Å². The minimum Gasteiger partial charge on any atom is -0.497 e. The summed E-state index contributed by atoms with van der Waals surface area (Å²) >= 11 is 0. The van der Waals surface area contributed by atoms with Crippen LogP contribution in [0.25, 0.3) is 27.7 Å². The molecule has 2 amide bonds. The number of methoxy groups -OCH3 is 2. The van der Waals surface area contributed by atoms with E-state index < -0.39 is 0 Å². The van der Waals surface area contributed by atoms with E-state index in [9.17, 15) is 9.18 Å². The molecule has 2 aromatic heterocycles. The van der Waals surface area contributed by atoms with E-state index in [4.69, 9.17) is 9.47 Å². The SMILES string of the molecule is COc1ccc(CNC(=O)N2CC=C(c3cc4c(-c5cc(F)ccc5OC)ccnc4[nH]3)CC2)cc1. The molecule has 0 aliphatic carbocycles. The lowest BCUT2D eigenvalue weighted by Gasteiger charge is -2.26. The number of hydrogen-bond acceptors (Lipinski definition) is 4. The molecule has 8 heteroatoms. The summed E-state index contributed by atoms with van der Waals surface area (Å²) in [5, 5.41) is 3.87. The Kier molecular flexibility index (Phi) is 6.58. The molecule has 0 fully saturated rings. The van der Waals surface area contributed by atoms with Crippen molar-refractivity contribution in [1.82, 2.24) is 20.2 Å². The average Bonchev–Trinajstić information content (AvgIpc) is 3.37. The van der Waals surface area contributed by atoms with E-state index in [1.165, 1.54) is 12.1 Å². The summed E-state index contributed by atoms with van der Waals surface area (Å²) < 4.78 is 24.7. The fourth-order valence-corrected chi connectivity index (χ4v) is 4.46. The van der Waals surface area contributed by atoms with Gasteiger partial charge >= 0.3 is 6.03 Å². The van der Waals surface area contributed by atoms with Crippen LogP contribution in [0.1, 0.15) is 17.7 Å². The molecule has 3 heterocycles. The van der Waals surface area contributed by atoms with Crippen LogP contribution in [-0.2, 0) is 6.54 Å². The number of H-pyrrole nitrogens is 1. The normalized spacial score (nSPS) is 13.4. The average molecular weight is 487 g/mol. The van der Waals surface area contributed by atoms with Gasteiger partial charge in [-0.15, -0.1) is 0 Å². The third-order valence-corrected chi connectivity index (χ3v) is 6.43. The number of carbonyl (C=O) groups excluding carboxylic acids is 1. The van der Waals surface area contributed by atoms with Gasteiger partial charge in [-0.1, -0.05) is 18.2 Å². The summed E-state index contributed by atoms with van der Waals surface area (Å²) in [5.74, 6) is 1.06. The number of nitrogens with one attached hydrogen (secondary N) is 2. The van der Waals surface area contributed by atoms with Gasteiger partial charge < -0.3 is 24.7 Å². The van der Waals surface area contributed by atoms with E-state index in [0.29, 0.717) is 37.4 Å². The number of pyridine rings is 1. The molecule has 36 heavy (non-hydrogen) atoms. The molecule has 0 bridgehead atoms. The summed E-state index contributed by atoms with van der Waals surface area (Å²) in [5.41, 5.74) is 5.30. The number of carbonyl (C=O) groups is 1. The molecule has 2 N–H and O–H groups in total. The van der Waals surface area contributed by atoms with Gasteiger partial charge in [0.15, 0.2) is 0 Å². The van der Waals surface area contributed by atoms with Gasteiger partial charge in [-0.2, -0.15) is 0 Å². The first kappa shape index (κ1) is 23.4. The van der Waals surface area contributed by atoms with Gasteiger partial charge in [0.1, 0.15) is 23.0 Å². The van der Waals surface area contributed by atoms with Crippen molar-refractivity contribution in [2.24, 2.45) is 0 Å². The first-order valence-corrected chi connectivity index (χ1v) is 11.7. The summed E-state index contributed by atoms with van der Waals surface area (Å²) in [6, 6.07) is 15.9. The standard InChI is InChI=1S/C28H27FN4O3/c1-35-21-6-3-18(4-7-21)17-31-28(34)33-13-10-19(11-14-33)25-16-24-22(9-12-30-27(24)32-25)23-15-20(29)5-8-26(23)36-2/h3-10,12,15-16H,11,13-14,17H2,1-2H3,(H,30,32)(H,31,34). The Labute approximate surface area is 208 Å². The highest BCUT2D eigenvalue weighted by atomic mass is 19.1. The summed E-state index contributed by atoms with van der Waals surface area (Å²) in [6.45, 7) is 1.57. The fraction of sp³-hybridized carbons (Fsp3) is 0.214. The topological polar surface area (TPSA) is 79.5 Å². The van der Waals surface area contributed by atoms with Crippen molar-refractivity contribution in [1.29, 1.82) is 0 Å². The van der Waals surface area contributed by atoms with Crippen LogP contribution >= 0.6 is 0 Å². The monoisotopic (exact) mass is 486 g/mol. The van der Waals surface area contributed by atoms with E-state index in [-0.39, 0.29) is 11.8 Å². The van der Waals surface area contributed by atoms with Crippen LogP contribution in [0.2, 0.25) is 0 Å². The van der Waals surface area contributed by atoms with Crippen molar-refractivity contribution in [3.8, 4) is 22.6 Å². The lowest BCUT2D eigenvalue weighted by molar-refractivity contribution is 0.202. The van der Waals surface area contributed by atoms with Gasteiger partial charge in [0.2, 0.25) is 0 Å². The molecular weight excluding hydrogens is 459 g/mol. The first-order chi connectivity index (χ1) is 17.6. The highest BCUT2D eigenvalue weighted by molar-refractivity contribution is 5.96. The summed E-state index contributed by atoms with van der Waals surface area (Å²) in [7, 11) is 3.20. The predicted molar refractivity (Wildman–Crippen MR) is 137 cm³/mol. The number of urea groups is 1. The molecule has 1 aliphatic rings. The van der Waals surface area contributed by atoms with E-state index in [2.05, 4.69) is 21.4 Å². The van der Waals surface area contributed by atoms with Crippen molar-refractivity contribution in [2.75, 3.05) is 27.3 Å². The highest BCUT2D eigenvalue weighted by Crippen LogP contribution is 2.36. The Hall–Kier alpha value is -4.33. The number of nitrogens with zero attached hydrogens (tertiary/aromatic N) is 2. The van der Waals surface area contributed by atoms with Crippen molar-refractivity contribution >= 4 is 22.6 Å². The maximum atomic E-state index is 14.0. The van der Waals surface area contributed by atoms with E-state index in [1.54, 1.807) is 31.4 Å². The minimum absolute atomic E-state index is 0.0973. The Morgan fingerprint density at radius 2 is 1.92 bits per heavy atom. The lowest BCUT2D eigenvalue weighted by atomic mass is 10.0. The van der Waals surface area contributed by atoms with Crippen LogP contribution in [0.4, 0.5) is 9.18 Å². The quantitative estimate of drug-likeness (QED) is 0.383. The Morgan fingerprint density at radius 1 is 1.08 bits per heavy atom. The zero-order chi connectivity index (χ0) is 25.1. The molecule has 1 aliphatic heterocycles. The number of benzene rings is 2. The van der Waals surface area contributed by atoms with Crippen LogP contribution in [0.15, 0.2) is 66.9 Å². The number of fused-ring (bicyclic) bond motifs is 1. The zero-order valence-electron chi connectivity index (χ0n) is 20.2. The molecule has 0 radical (unpaired) electrons. The number of amides is 2. The molecule has 0 spiro atoms. The molecule has 7 nitrogen and oxygen atoms in total. The minimum atomic E-state index is -0.327. The van der Waals surface area contributed by atoms with E-state index in [0.717, 1.165) is 39.2 Å². The van der Waals surface area contributed by atoms with Crippen molar-refractivity contribution in [3.63, 3.8) is 0 Å². The van der Waals surface area contributed by atoms with E-state index in [1.807, 2.05) is 36.4 Å². The Morgan fingerprint density at radius 3 is 2.64 bits per heavy atom. The second-order valence-corrected chi connectivity index (χ2v) is 8.58. The fourth-order valence-electron chi connectivity index (χ4n) is 4.46. The van der Waals surface area contributed by atoms with Gasteiger partial charge in [-0.25, -0.2) is 14.2 Å². The Balaban J connectivity index is 1.30. The maximum absolute atomic E-state index is 14.0. The lowest BCUT2D eigenvalue weighted by Crippen LogP contribution is -2.41. The van der Waals surface area contributed by atoms with Gasteiger partial charge in [0.05, 0.1) is 14.2 Å². The van der Waals surface area contributed by atoms with Gasteiger partial charge in [0.25, 0.3) is 0 Å². The molecule has 0 saturated carbocycles. The zero-order valence-corrected chi connectivity index (χ0v) is 20.2. The number of hydrogen-bond donors (Lipinski definition) is 2. The Bertz CT molecular complexity index is 1430. The predicted octanol–water partition coefficient (Wildman–Crippen LogP) is 5.39. The summed E-state index contributed by atoms with van der Waals surface area (Å²) in [6.07, 6.45) is 4.47. The molecule has 4 aromatic rings. The molecule has 0 unspecified atom stereocenters. The molecule has 2 aromatic carbocycles. The van der Waals surface area contributed by atoms with Crippen molar-refractivity contribution < 1.29 is 18.7 Å². The number of aromatic nitrogens is 2. The van der Waals surface area contributed by atoms with E-state index >= 15 is 0 Å². The van der Waals surface area contributed by atoms with Crippen LogP contribution in [0.5, 0.6) is 11.5 Å². The maximum Gasteiger partial charge on any atom is 0.317 e. The molecule has 184 valence electrons. The van der Waals surface area contributed by atoms with Crippen molar-refractivity contribution in [3.05, 3.63) is 83.9 Å². The molecular formula is C28H27FN4O3. The second-order valence-electron chi connectivity index (χ2n) is 8.58. The summed E-state index contributed by atoms with van der Waals surface area (Å²) in [4.78, 5) is 22.3. The van der Waals surface area contributed by atoms with Crippen LogP contribution in [0, 0.1) is 5.82 Å². The smallest absolute Gasteiger partial charge is 0.317 e. The molecule has 5 rings (SSSR count). The molecule has 0 saturated heterocycles. The molecule has 0 atom stereocenters. The van der Waals surface area contributed by atoms with Gasteiger partial charge in [0, 0.05) is 42.5 Å². The van der Waals surface area contributed by atoms with Crippen LogP contribution < -0.4 is 14.8 Å². The van der Waals surface area contributed by atoms with Crippen molar-refractivity contribution in [2.45, 2.75) is 13.0 Å². The van der Waals surface area contributed by atoms with Gasteiger partial charge in [-0.05, 0) is 65.6 Å². The van der Waals surface area contributed by atoms with Crippen LogP contribution in [0.3, 0.4) is 0 Å². The third-order valence-electron chi connectivity index (χ3n) is 6.43. The first-order valence-electron chi connectivity index (χ1n) is 11.7. The van der Waals surface area contributed by atoms with Gasteiger partial charge in [-0.3, -0.25) is 0 Å². The highest BCUT2D eigenvalue weighted by Gasteiger charge is 2.20. The second kappa shape index (κ2) is 10.1. The number of halogens is 1. The number of aromatic amines is 1. The third kappa shape index (κ3) is 4.75. The number of ether oxygens (including phenoxy) is 2.